The van der Waals surface area contributed by atoms with E-state index >= 15 is 0 Å². The van der Waals surface area contributed by atoms with E-state index in [2.05, 4.69) is 280 Å². The minimum Gasteiger partial charge on any atom is -0.512 e. The van der Waals surface area contributed by atoms with Crippen molar-refractivity contribution in [3.05, 3.63) is 466 Å². The van der Waals surface area contributed by atoms with Crippen LogP contribution in [0.2, 0.25) is 0 Å². The first kappa shape index (κ1) is 116. The third-order valence-corrected chi connectivity index (χ3v) is 19.5. The van der Waals surface area contributed by atoms with Gasteiger partial charge in [0.25, 0.3) is 0 Å². The largest absolute Gasteiger partial charge is 0.512 e. The molecule has 0 aliphatic rings. The molecule has 0 spiro atoms. The Balaban J connectivity index is 0.000000283. The van der Waals surface area contributed by atoms with Crippen molar-refractivity contribution in [3.8, 4) is 78.5 Å². The monoisotopic (exact) mass is 2740 g/mol. The molecular weight excluding hydrogens is 2630 g/mol. The zero-order valence-electron chi connectivity index (χ0n) is 78.4. The van der Waals surface area contributed by atoms with Crippen molar-refractivity contribution < 1.29 is 150 Å². The van der Waals surface area contributed by atoms with Crippen molar-refractivity contribution in [2.75, 3.05) is 0 Å². The number of aromatic nitrogens is 5. The summed E-state index contributed by atoms with van der Waals surface area (Å²) in [5.41, 5.74) is 14.8. The predicted molar refractivity (Wildman–Crippen MR) is 551 cm³/mol. The first-order chi connectivity index (χ1) is 65.2. The molecule has 0 atom stereocenters. The molecule has 20 heteroatoms. The number of fused-ring (bicyclic) bond motifs is 7. The van der Waals surface area contributed by atoms with E-state index in [4.69, 9.17) is 25.5 Å². The Bertz CT molecular complexity index is 7150. The van der Waals surface area contributed by atoms with E-state index in [-0.39, 0.29) is 158 Å². The summed E-state index contributed by atoms with van der Waals surface area (Å²) in [5.74, 6) is -0.312. The van der Waals surface area contributed by atoms with Gasteiger partial charge in [0.1, 0.15) is 0 Å². The van der Waals surface area contributed by atoms with Gasteiger partial charge in [-0.15, -0.1) is 159 Å². The molecule has 140 heavy (non-hydrogen) atoms. The average Bonchev–Trinajstić information content (AvgIpc) is 1.26. The van der Waals surface area contributed by atoms with Gasteiger partial charge >= 0.3 is 0 Å². The zero-order valence-corrected chi connectivity index (χ0v) is 90.3. The summed E-state index contributed by atoms with van der Waals surface area (Å²) in [6, 6.07) is 134. The van der Waals surface area contributed by atoms with Crippen LogP contribution in [0.1, 0.15) is 69.2 Å². The van der Waals surface area contributed by atoms with Gasteiger partial charge in [0.05, 0.1) is 28.8 Å². The molecule has 14 aromatic carbocycles. The Labute approximate surface area is 885 Å². The Kier molecular flexibility index (Phi) is 51.0. The summed E-state index contributed by atoms with van der Waals surface area (Å²) in [5, 5.41) is 58.5. The fraction of sp³-hybridized carbons (Fsp3) is 0.0833. The van der Waals surface area contributed by atoms with Crippen molar-refractivity contribution in [1.29, 1.82) is 0 Å². The number of benzene rings is 14. The minimum atomic E-state index is -0.125. The maximum atomic E-state index is 10.0. The van der Waals surface area contributed by atoms with Gasteiger partial charge in [-0.05, 0) is 157 Å². The maximum absolute atomic E-state index is 10.0. The van der Waals surface area contributed by atoms with E-state index in [1.165, 1.54) is 176 Å². The zero-order chi connectivity index (χ0) is 96.4. The fourth-order valence-electron chi connectivity index (χ4n) is 13.6. The number of aliphatic hydroxyl groups excluding tert-OH is 5. The van der Waals surface area contributed by atoms with Crippen LogP contribution in [0.3, 0.4) is 0 Å². The quantitative estimate of drug-likeness (QED) is 0.0433. The van der Waals surface area contributed by atoms with Crippen molar-refractivity contribution in [1.82, 2.24) is 24.9 Å². The molecule has 5 aromatic heterocycles. The second-order valence-electron chi connectivity index (χ2n) is 31.0. The van der Waals surface area contributed by atoms with Gasteiger partial charge in [-0.1, -0.05) is 283 Å². The molecule has 0 unspecified atom stereocenters. The Morgan fingerprint density at radius 2 is 0.493 bits per heavy atom. The van der Waals surface area contributed by atoms with Crippen LogP contribution in [0.5, 0.6) is 0 Å². The number of nitrogens with zero attached hydrogens (tertiary/aromatic N) is 5. The van der Waals surface area contributed by atoms with E-state index in [1.807, 2.05) is 152 Å². The number of aliphatic hydroxyl groups is 5. The third kappa shape index (κ3) is 39.1. The predicted octanol–water partition coefficient (Wildman–Crippen LogP) is 29.3. The number of rotatable bonds is 12. The van der Waals surface area contributed by atoms with Crippen molar-refractivity contribution in [3.63, 3.8) is 0 Å². The smallest absolute Gasteiger partial charge is 0.155 e. The van der Waals surface area contributed by atoms with Crippen LogP contribution in [0.4, 0.5) is 0 Å². The second-order valence-corrected chi connectivity index (χ2v) is 31.0. The molecule has 0 aliphatic carbocycles. The summed E-state index contributed by atoms with van der Waals surface area (Å²) in [6.45, 7) is 14.2. The van der Waals surface area contributed by atoms with E-state index < -0.39 is 0 Å². The number of pyridine rings is 5. The van der Waals surface area contributed by atoms with Gasteiger partial charge in [-0.2, -0.15) is 0 Å². The number of ketones is 5. The van der Waals surface area contributed by atoms with Crippen LogP contribution in [0.15, 0.2) is 436 Å². The number of allylic oxidation sites excluding steroid dienone is 10. The van der Waals surface area contributed by atoms with E-state index in [9.17, 15) is 24.0 Å². The first-order valence-corrected chi connectivity index (χ1v) is 43.2. The molecule has 15 nitrogen and oxygen atoms in total. The second kappa shape index (κ2) is 61.3. The van der Waals surface area contributed by atoms with Crippen molar-refractivity contribution in [2.45, 2.75) is 69.2 Å². The molecule has 0 saturated carbocycles. The molecule has 0 fully saturated rings. The molecule has 19 aromatic rings. The van der Waals surface area contributed by atoms with Crippen LogP contribution in [0.25, 0.3) is 154 Å². The SMILES string of the molecule is CC(=O)C=C(C)O.CC(=O)C=C(C)O.CC(=O)C=C(C)O.CC(=O)C=C(C)O.CC(=O)C=C(C)O.[Ir].[Ir].[Ir].[Ir].[Ir].[c-]1cc(-c2ccccc2)ccc1-c1cc2ccccc2cn1.[c-]1cc2ccccc2cc1-c1cc2ccccc2cn1.[c-]1ccc(-c2ccccc2)cc1-c1cc2ccccc2cn1.[c-]1ccc2ccccc2c1-c1cc2ccccc2cn1.[c-]1ccccc1-c1cc2ccccc2cn1. The molecule has 5 radical (unpaired) electrons. The normalized spacial score (nSPS) is 10.6. The molecular formula is C120H102Ir5N5O10-5. The molecule has 5 N–H and O–H groups in total. The van der Waals surface area contributed by atoms with E-state index in [0.717, 1.165) is 77.8 Å². The summed E-state index contributed by atoms with van der Waals surface area (Å²) in [4.78, 5) is 72.8. The van der Waals surface area contributed by atoms with Gasteiger partial charge in [0, 0.05) is 162 Å². The topological polar surface area (TPSA) is 251 Å². The van der Waals surface area contributed by atoms with Crippen LogP contribution in [-0.2, 0) is 124 Å². The number of hydrogen-bond donors (Lipinski definition) is 5. The number of carbonyl (C=O) groups excluding carboxylic acids is 5. The van der Waals surface area contributed by atoms with Gasteiger partial charge in [0.15, 0.2) is 28.9 Å². The molecule has 717 valence electrons. The molecule has 0 aliphatic heterocycles. The first-order valence-electron chi connectivity index (χ1n) is 43.2. The molecule has 0 amide bonds. The summed E-state index contributed by atoms with van der Waals surface area (Å²) < 4.78 is 0. The van der Waals surface area contributed by atoms with Gasteiger partial charge in [-0.25, -0.2) is 0 Å². The number of hydrogen-bond acceptors (Lipinski definition) is 15. The van der Waals surface area contributed by atoms with Crippen LogP contribution >= 0.6 is 0 Å². The average molecular weight is 2740 g/mol. The number of carbonyl (C=O) groups is 5. The van der Waals surface area contributed by atoms with Crippen LogP contribution in [0, 0.1) is 30.3 Å². The van der Waals surface area contributed by atoms with Crippen molar-refractivity contribution >= 4 is 104 Å². The van der Waals surface area contributed by atoms with Gasteiger partial charge in [-0.3, -0.25) is 24.0 Å². The van der Waals surface area contributed by atoms with Crippen molar-refractivity contribution in [2.24, 2.45) is 0 Å². The Morgan fingerprint density at radius 1 is 0.214 bits per heavy atom. The maximum Gasteiger partial charge on any atom is 0.155 e. The van der Waals surface area contributed by atoms with E-state index in [1.54, 1.807) is 0 Å². The van der Waals surface area contributed by atoms with Crippen LogP contribution in [-0.4, -0.2) is 79.4 Å². The standard InChI is InChI=1S/2C21H14N.2C19H12N.C15H10N.5C5H8O2.5Ir/c1-2-7-16(8-3-1)17-11-6-12-19(13-17)21-14-18-9-4-5-10-20(18)15-22-21;1-2-6-16(7-3-1)17-10-12-18(13-11-17)21-14-19-8-4-5-9-20(19)15-22-21;1-2-8-16-13-20-19(12-15(16)7-1)18-11-5-9-14-6-3-4-10-17(14)18;1-2-6-15-11-17(10-9-14(15)5-1)19-12-16-7-3-4-8-18(16)13-20-19;1-2-6-12(7-3-1)15-10-13-8-4-5-9-14(13)11-16-15;5*1-4(6)3-5(2)7;;;;;/h1-11,13-15H;1-12,14-15H;1-10,12-13H;1-9,11-13H;1-6,8-11H;5*3,6H,1-2H3;;;;;/q5*-1;;;;;;;;;;. The summed E-state index contributed by atoms with van der Waals surface area (Å²) >= 11 is 0. The van der Waals surface area contributed by atoms with Gasteiger partial charge in [0.2, 0.25) is 0 Å². The fourth-order valence-corrected chi connectivity index (χ4v) is 13.6. The molecule has 5 heterocycles. The molecule has 0 saturated heterocycles. The summed E-state index contributed by atoms with van der Waals surface area (Å²) in [6.07, 6.45) is 15.4. The Morgan fingerprint density at radius 3 is 0.836 bits per heavy atom. The summed E-state index contributed by atoms with van der Waals surface area (Å²) in [7, 11) is 0. The van der Waals surface area contributed by atoms with E-state index in [0.29, 0.717) is 0 Å². The van der Waals surface area contributed by atoms with Gasteiger partial charge < -0.3 is 50.5 Å². The van der Waals surface area contributed by atoms with Crippen LogP contribution < -0.4 is 0 Å². The molecule has 0 bridgehead atoms. The molecule has 19 rings (SSSR count). The Hall–Kier alpha value is -14.1. The third-order valence-electron chi connectivity index (χ3n) is 19.5. The minimum absolute atomic E-state index is 0.